The second-order valence-electron chi connectivity index (χ2n) is 4.10. The zero-order valence-electron chi connectivity index (χ0n) is 8.90. The second-order valence-corrected chi connectivity index (χ2v) is 4.10. The number of hydrogen-bond donors (Lipinski definition) is 0. The lowest BCUT2D eigenvalue weighted by atomic mass is 10.2. The topological polar surface area (TPSA) is 17.1 Å². The summed E-state index contributed by atoms with van der Waals surface area (Å²) >= 11 is 0. The van der Waals surface area contributed by atoms with Crippen molar-refractivity contribution in [3.05, 3.63) is 35.9 Å². The van der Waals surface area contributed by atoms with Crippen LogP contribution in [0.2, 0.25) is 0 Å². The molecule has 0 aromatic heterocycles. The van der Waals surface area contributed by atoms with E-state index in [4.69, 9.17) is 0 Å². The van der Waals surface area contributed by atoms with Gasteiger partial charge in [-0.3, -0.25) is 9.28 Å². The van der Waals surface area contributed by atoms with Gasteiger partial charge in [-0.1, -0.05) is 6.08 Å². The molecule has 1 rings (SSSR count). The van der Waals surface area contributed by atoms with Crippen molar-refractivity contribution in [1.82, 2.24) is 4.48 Å². The third-order valence-electron chi connectivity index (χ3n) is 2.03. The molecule has 0 aliphatic heterocycles. The van der Waals surface area contributed by atoms with Crippen LogP contribution in [-0.4, -0.2) is 27.4 Å². The van der Waals surface area contributed by atoms with Crippen LogP contribution in [0.1, 0.15) is 5.56 Å². The standard InChI is InChI=1S/C12H16NO/c1-13(2,3)12-8-6-11(7-9-12)5-4-10-14/h4-10H,1-3H3/q+1. The van der Waals surface area contributed by atoms with Gasteiger partial charge in [0.25, 0.3) is 0 Å². The summed E-state index contributed by atoms with van der Waals surface area (Å²) in [5, 5.41) is 0. The lowest BCUT2D eigenvalue weighted by molar-refractivity contribution is -0.104. The van der Waals surface area contributed by atoms with Gasteiger partial charge in [0.2, 0.25) is 0 Å². The molecule has 0 amide bonds. The first-order chi connectivity index (χ1) is 6.54. The SMILES string of the molecule is C[N+](C)(C)c1ccc(C=CC=O)cc1. The lowest BCUT2D eigenvalue weighted by Gasteiger charge is -2.23. The number of rotatable bonds is 3. The Kier molecular flexibility index (Phi) is 3.20. The highest BCUT2D eigenvalue weighted by Gasteiger charge is 2.10. The summed E-state index contributed by atoms with van der Waals surface area (Å²) in [6.07, 6.45) is 4.08. The highest BCUT2D eigenvalue weighted by atomic mass is 16.1. The van der Waals surface area contributed by atoms with Crippen LogP contribution in [0.3, 0.4) is 0 Å². The van der Waals surface area contributed by atoms with Crippen molar-refractivity contribution in [1.29, 1.82) is 0 Å². The molecule has 0 N–H and O–H groups in total. The van der Waals surface area contributed by atoms with E-state index in [-0.39, 0.29) is 0 Å². The molecule has 0 aliphatic rings. The Morgan fingerprint density at radius 2 is 1.64 bits per heavy atom. The largest absolute Gasteiger partial charge is 0.299 e. The maximum atomic E-state index is 10.1. The first kappa shape index (κ1) is 10.7. The first-order valence-corrected chi connectivity index (χ1v) is 4.58. The van der Waals surface area contributed by atoms with Crippen molar-refractivity contribution in [2.24, 2.45) is 0 Å². The Morgan fingerprint density at radius 3 is 2.07 bits per heavy atom. The highest BCUT2D eigenvalue weighted by Crippen LogP contribution is 2.17. The molecule has 74 valence electrons. The molecule has 14 heavy (non-hydrogen) atoms. The van der Waals surface area contributed by atoms with Crippen molar-refractivity contribution in [3.63, 3.8) is 0 Å². The molecule has 2 heteroatoms. The number of aldehydes is 1. The van der Waals surface area contributed by atoms with Gasteiger partial charge in [0.15, 0.2) is 0 Å². The minimum absolute atomic E-state index is 0.785. The number of benzene rings is 1. The smallest absolute Gasteiger partial charge is 0.142 e. The normalized spacial score (nSPS) is 11.9. The van der Waals surface area contributed by atoms with E-state index in [1.54, 1.807) is 6.08 Å². The van der Waals surface area contributed by atoms with E-state index in [0.717, 1.165) is 16.3 Å². The van der Waals surface area contributed by atoms with Gasteiger partial charge in [-0.25, -0.2) is 0 Å². The summed E-state index contributed by atoms with van der Waals surface area (Å²) in [4.78, 5) is 10.1. The number of nitrogens with zero attached hydrogens (tertiary/aromatic N) is 1. The van der Waals surface area contributed by atoms with Gasteiger partial charge < -0.3 is 0 Å². The zero-order valence-corrected chi connectivity index (χ0v) is 8.90. The molecule has 0 unspecified atom stereocenters. The van der Waals surface area contributed by atoms with E-state index in [1.807, 2.05) is 12.1 Å². The van der Waals surface area contributed by atoms with Crippen LogP contribution in [-0.2, 0) is 4.79 Å². The molecule has 0 radical (unpaired) electrons. The van der Waals surface area contributed by atoms with Crippen LogP contribution in [0.25, 0.3) is 6.08 Å². The quantitative estimate of drug-likeness (QED) is 0.405. The van der Waals surface area contributed by atoms with Gasteiger partial charge in [-0.2, -0.15) is 0 Å². The van der Waals surface area contributed by atoms with Crippen LogP contribution in [0, 0.1) is 0 Å². The summed E-state index contributed by atoms with van der Waals surface area (Å²) in [6, 6.07) is 8.17. The number of allylic oxidation sites excluding steroid dienone is 1. The van der Waals surface area contributed by atoms with Crippen LogP contribution in [0.4, 0.5) is 5.69 Å². The van der Waals surface area contributed by atoms with Gasteiger partial charge >= 0.3 is 0 Å². The summed E-state index contributed by atoms with van der Waals surface area (Å²) < 4.78 is 0.803. The molecule has 0 atom stereocenters. The maximum Gasteiger partial charge on any atom is 0.142 e. The molecule has 0 saturated carbocycles. The van der Waals surface area contributed by atoms with E-state index in [2.05, 4.69) is 33.3 Å². The molecule has 0 bridgehead atoms. The fraction of sp³-hybridized carbons (Fsp3) is 0.250. The van der Waals surface area contributed by atoms with E-state index >= 15 is 0 Å². The Bertz CT molecular complexity index is 330. The summed E-state index contributed by atoms with van der Waals surface area (Å²) in [5.41, 5.74) is 2.29. The number of carbonyl (C=O) groups is 1. The summed E-state index contributed by atoms with van der Waals surface area (Å²) in [7, 11) is 6.36. The van der Waals surface area contributed by atoms with Crippen molar-refractivity contribution >= 4 is 18.0 Å². The van der Waals surface area contributed by atoms with E-state index in [1.165, 1.54) is 11.8 Å². The molecule has 1 aromatic carbocycles. The molecule has 0 heterocycles. The fourth-order valence-corrected chi connectivity index (χ4v) is 1.18. The van der Waals surface area contributed by atoms with Gasteiger partial charge in [-0.05, 0) is 35.9 Å². The molecule has 1 aromatic rings. The van der Waals surface area contributed by atoms with Crippen LogP contribution < -0.4 is 4.48 Å². The molecule has 0 saturated heterocycles. The van der Waals surface area contributed by atoms with Gasteiger partial charge in [0.1, 0.15) is 12.0 Å². The van der Waals surface area contributed by atoms with Crippen LogP contribution >= 0.6 is 0 Å². The van der Waals surface area contributed by atoms with Crippen molar-refractivity contribution < 1.29 is 4.79 Å². The van der Waals surface area contributed by atoms with E-state index in [9.17, 15) is 4.79 Å². The average molecular weight is 190 g/mol. The van der Waals surface area contributed by atoms with Crippen LogP contribution in [0.5, 0.6) is 0 Å². The molecule has 0 spiro atoms. The minimum Gasteiger partial charge on any atom is -0.299 e. The van der Waals surface area contributed by atoms with E-state index < -0.39 is 0 Å². The summed E-state index contributed by atoms with van der Waals surface area (Å²) in [5.74, 6) is 0. The molecular formula is C12H16NO+. The second kappa shape index (κ2) is 4.20. The van der Waals surface area contributed by atoms with Gasteiger partial charge in [-0.15, -0.1) is 0 Å². The zero-order chi connectivity index (χ0) is 10.6. The first-order valence-electron chi connectivity index (χ1n) is 4.58. The fourth-order valence-electron chi connectivity index (χ4n) is 1.18. The Balaban J connectivity index is 2.89. The Labute approximate surface area is 85.1 Å². The predicted molar refractivity (Wildman–Crippen MR) is 61.1 cm³/mol. The Morgan fingerprint density at radius 1 is 1.07 bits per heavy atom. The number of quaternary nitrogens is 1. The van der Waals surface area contributed by atoms with Gasteiger partial charge in [0, 0.05) is 0 Å². The molecule has 2 nitrogen and oxygen atoms in total. The van der Waals surface area contributed by atoms with Crippen molar-refractivity contribution in [2.45, 2.75) is 0 Å². The van der Waals surface area contributed by atoms with Gasteiger partial charge in [0.05, 0.1) is 21.1 Å². The lowest BCUT2D eigenvalue weighted by Crippen LogP contribution is -2.34. The monoisotopic (exact) mass is 190 g/mol. The van der Waals surface area contributed by atoms with Crippen LogP contribution in [0.15, 0.2) is 30.3 Å². The molecular weight excluding hydrogens is 174 g/mol. The predicted octanol–water partition coefficient (Wildman–Crippen LogP) is 2.10. The molecule has 0 fully saturated rings. The maximum absolute atomic E-state index is 10.1. The third kappa shape index (κ3) is 2.82. The highest BCUT2D eigenvalue weighted by molar-refractivity contribution is 5.74. The Hall–Kier alpha value is -1.41. The molecule has 0 aliphatic carbocycles. The minimum atomic E-state index is 0.785. The summed E-state index contributed by atoms with van der Waals surface area (Å²) in [6.45, 7) is 0. The van der Waals surface area contributed by atoms with Crippen molar-refractivity contribution in [3.8, 4) is 0 Å². The van der Waals surface area contributed by atoms with E-state index in [0.29, 0.717) is 0 Å². The number of carbonyl (C=O) groups excluding carboxylic acids is 1. The third-order valence-corrected chi connectivity index (χ3v) is 2.03. The number of hydrogen-bond acceptors (Lipinski definition) is 1. The van der Waals surface area contributed by atoms with Crippen molar-refractivity contribution in [2.75, 3.05) is 21.1 Å². The average Bonchev–Trinajstić information content (AvgIpc) is 2.14.